The largest absolute Gasteiger partial charge is 0.394 e. The predicted molar refractivity (Wildman–Crippen MR) is 87.6 cm³/mol. The van der Waals surface area contributed by atoms with E-state index in [2.05, 4.69) is 10.3 Å². The summed E-state index contributed by atoms with van der Waals surface area (Å²) in [5, 5.41) is 32.9. The Morgan fingerprint density at radius 2 is 2.04 bits per heavy atom. The molecule has 0 amide bonds. The fourth-order valence-electron chi connectivity index (χ4n) is 3.70. The van der Waals surface area contributed by atoms with Crippen molar-refractivity contribution in [2.24, 2.45) is 9.98 Å². The van der Waals surface area contributed by atoms with E-state index >= 15 is 0 Å². The predicted octanol–water partition coefficient (Wildman–Crippen LogP) is -0.508. The van der Waals surface area contributed by atoms with Gasteiger partial charge in [0.05, 0.1) is 19.3 Å². The van der Waals surface area contributed by atoms with Gasteiger partial charge in [-0.15, -0.1) is 0 Å². The molecule has 4 aliphatic rings. The molecular formula is C15H21ClN4O4. The molecule has 3 aliphatic heterocycles. The Labute approximate surface area is 144 Å². The maximum Gasteiger partial charge on any atom is 0.162 e. The fraction of sp³-hybridized carbons (Fsp3) is 0.733. The van der Waals surface area contributed by atoms with Gasteiger partial charge in [0.1, 0.15) is 29.7 Å². The Bertz CT molecular complexity index is 617. The number of aliphatic imine (C=N–C) groups is 2. The molecule has 24 heavy (non-hydrogen) atoms. The first-order chi connectivity index (χ1) is 11.6. The molecule has 4 rings (SSSR count). The molecule has 0 aromatic carbocycles. The second-order valence-corrected chi connectivity index (χ2v) is 6.91. The van der Waals surface area contributed by atoms with E-state index in [0.717, 1.165) is 18.5 Å². The maximum absolute atomic E-state index is 10.2. The van der Waals surface area contributed by atoms with Crippen molar-refractivity contribution in [3.63, 3.8) is 0 Å². The van der Waals surface area contributed by atoms with Gasteiger partial charge in [-0.2, -0.15) is 0 Å². The van der Waals surface area contributed by atoms with Crippen LogP contribution in [0.15, 0.2) is 21.5 Å². The van der Waals surface area contributed by atoms with E-state index < -0.39 is 24.5 Å². The van der Waals surface area contributed by atoms with Crippen LogP contribution in [-0.2, 0) is 4.74 Å². The van der Waals surface area contributed by atoms with Crippen molar-refractivity contribution in [2.75, 3.05) is 13.3 Å². The topological polar surface area (TPSA) is 110 Å². The minimum absolute atomic E-state index is 0.278. The number of rotatable bonds is 3. The number of halogens is 1. The molecule has 1 aliphatic carbocycles. The molecular weight excluding hydrogens is 336 g/mol. The van der Waals surface area contributed by atoms with E-state index in [4.69, 9.17) is 21.3 Å². The average Bonchev–Trinajstić information content (AvgIpc) is 3.31. The molecule has 0 bridgehead atoms. The number of allylic oxidation sites excluding steroid dienone is 1. The molecule has 0 radical (unpaired) electrons. The summed E-state index contributed by atoms with van der Waals surface area (Å²) in [5.41, 5.74) is 1.40. The number of aliphatic hydroxyl groups excluding tert-OH is 3. The first-order valence-corrected chi connectivity index (χ1v) is 8.68. The van der Waals surface area contributed by atoms with Gasteiger partial charge in [0.15, 0.2) is 17.2 Å². The van der Waals surface area contributed by atoms with Gasteiger partial charge in [-0.3, -0.25) is 4.99 Å². The molecule has 1 saturated carbocycles. The van der Waals surface area contributed by atoms with Gasteiger partial charge in [0, 0.05) is 0 Å². The number of nitrogens with one attached hydrogen (secondary N) is 1. The Morgan fingerprint density at radius 3 is 2.71 bits per heavy atom. The van der Waals surface area contributed by atoms with E-state index in [9.17, 15) is 15.3 Å². The van der Waals surface area contributed by atoms with Gasteiger partial charge >= 0.3 is 0 Å². The lowest BCUT2D eigenvalue weighted by atomic mass is 10.1. The van der Waals surface area contributed by atoms with Gasteiger partial charge in [-0.25, -0.2) is 4.99 Å². The Morgan fingerprint density at radius 1 is 1.29 bits per heavy atom. The third-order valence-corrected chi connectivity index (χ3v) is 5.28. The second kappa shape index (κ2) is 6.27. The summed E-state index contributed by atoms with van der Waals surface area (Å²) in [7, 11) is 0. The second-order valence-electron chi connectivity index (χ2n) is 6.55. The third kappa shape index (κ3) is 2.53. The minimum Gasteiger partial charge on any atom is -0.394 e. The molecule has 0 aromatic rings. The van der Waals surface area contributed by atoms with Crippen LogP contribution in [0, 0.1) is 0 Å². The van der Waals surface area contributed by atoms with Crippen molar-refractivity contribution in [2.45, 2.75) is 56.3 Å². The number of nitrogens with zero attached hydrogens (tertiary/aromatic N) is 3. The molecule has 0 aromatic heterocycles. The summed E-state index contributed by atoms with van der Waals surface area (Å²) < 4.78 is 5.58. The fourth-order valence-corrected chi connectivity index (χ4v) is 3.93. The van der Waals surface area contributed by atoms with Crippen LogP contribution < -0.4 is 5.32 Å². The van der Waals surface area contributed by atoms with Crippen LogP contribution in [0.2, 0.25) is 0 Å². The summed E-state index contributed by atoms with van der Waals surface area (Å²) >= 11 is 6.27. The lowest BCUT2D eigenvalue weighted by molar-refractivity contribution is -0.0824. The first-order valence-electron chi connectivity index (χ1n) is 8.30. The average molecular weight is 357 g/mol. The summed E-state index contributed by atoms with van der Waals surface area (Å²) in [5.74, 6) is 0.562. The van der Waals surface area contributed by atoms with E-state index in [1.807, 2.05) is 0 Å². The highest BCUT2D eigenvalue weighted by Crippen LogP contribution is 2.34. The first kappa shape index (κ1) is 16.3. The Kier molecular flexibility index (Phi) is 4.26. The van der Waals surface area contributed by atoms with Crippen LogP contribution in [0.1, 0.15) is 25.7 Å². The molecule has 0 unspecified atom stereocenters. The summed E-state index contributed by atoms with van der Waals surface area (Å²) in [6.45, 7) is 0.00886. The minimum atomic E-state index is -1.14. The van der Waals surface area contributed by atoms with Crippen molar-refractivity contribution in [3.05, 3.63) is 11.5 Å². The van der Waals surface area contributed by atoms with Crippen LogP contribution in [0.25, 0.3) is 0 Å². The molecule has 0 spiro atoms. The Balaban J connectivity index is 1.58. The lowest BCUT2D eigenvalue weighted by Gasteiger charge is -2.27. The number of aliphatic hydroxyl groups is 3. The van der Waals surface area contributed by atoms with Crippen molar-refractivity contribution in [3.8, 4) is 0 Å². The zero-order valence-electron chi connectivity index (χ0n) is 13.1. The molecule has 4 N–H and O–H groups in total. The highest BCUT2D eigenvalue weighted by atomic mass is 35.5. The molecule has 8 nitrogen and oxygen atoms in total. The van der Waals surface area contributed by atoms with E-state index in [-0.39, 0.29) is 12.6 Å². The smallest absolute Gasteiger partial charge is 0.162 e. The van der Waals surface area contributed by atoms with Gasteiger partial charge in [0.2, 0.25) is 0 Å². The normalized spacial score (nSPS) is 38.2. The molecule has 4 atom stereocenters. The molecule has 3 heterocycles. The van der Waals surface area contributed by atoms with Crippen molar-refractivity contribution >= 4 is 22.5 Å². The van der Waals surface area contributed by atoms with Crippen LogP contribution in [-0.4, -0.2) is 75.0 Å². The molecule has 2 fully saturated rings. The highest BCUT2D eigenvalue weighted by molar-refractivity contribution is 6.86. The van der Waals surface area contributed by atoms with Crippen molar-refractivity contribution < 1.29 is 20.1 Å². The number of ether oxygens (including phenoxy) is 1. The molecule has 132 valence electrons. The van der Waals surface area contributed by atoms with Gasteiger partial charge in [-0.1, -0.05) is 24.4 Å². The number of hydrogen-bond donors (Lipinski definition) is 4. The van der Waals surface area contributed by atoms with E-state index in [1.54, 1.807) is 4.90 Å². The lowest BCUT2D eigenvalue weighted by Crippen LogP contribution is -2.43. The van der Waals surface area contributed by atoms with Crippen molar-refractivity contribution in [1.82, 2.24) is 10.2 Å². The summed E-state index contributed by atoms with van der Waals surface area (Å²) in [6.07, 6.45) is 0.606. The van der Waals surface area contributed by atoms with Gasteiger partial charge in [0.25, 0.3) is 0 Å². The van der Waals surface area contributed by atoms with Crippen LogP contribution in [0.4, 0.5) is 0 Å². The zero-order valence-corrected chi connectivity index (χ0v) is 13.9. The number of hydrogen-bond acceptors (Lipinski definition) is 8. The summed E-state index contributed by atoms with van der Waals surface area (Å²) in [6, 6.07) is 0.278. The third-order valence-electron chi connectivity index (χ3n) is 5.02. The van der Waals surface area contributed by atoms with Gasteiger partial charge < -0.3 is 30.3 Å². The van der Waals surface area contributed by atoms with Crippen LogP contribution >= 0.6 is 11.6 Å². The van der Waals surface area contributed by atoms with Crippen LogP contribution in [0.5, 0.6) is 0 Å². The monoisotopic (exact) mass is 356 g/mol. The van der Waals surface area contributed by atoms with E-state index in [1.165, 1.54) is 12.8 Å². The molecule has 9 heteroatoms. The quantitative estimate of drug-likeness (QED) is 0.542. The van der Waals surface area contributed by atoms with Crippen molar-refractivity contribution in [1.29, 1.82) is 0 Å². The maximum atomic E-state index is 10.2. The van der Waals surface area contributed by atoms with E-state index in [0.29, 0.717) is 23.4 Å². The summed E-state index contributed by atoms with van der Waals surface area (Å²) in [4.78, 5) is 10.8. The Hall–Kier alpha value is -1.19. The zero-order chi connectivity index (χ0) is 16.8. The standard InChI is InChI=1S/C15H21ClN4O4/c16-13-9(18-7-3-1-2-4-7)10-14(19-13)20(6-17-10)15-12(23)11(22)8(5-21)24-15/h7-8,11-12,15,17,21-23H,1-6H2/t8-,11-,12-,15-/m1/s1. The van der Waals surface area contributed by atoms with Gasteiger partial charge in [-0.05, 0) is 12.8 Å². The SMILES string of the molecule is OC[C@H]1O[C@@H](N2CNC3=C2N=C(Cl)C3=NC2CCCC2)[C@H](O)[C@@H]1O. The van der Waals surface area contributed by atoms with Crippen LogP contribution in [0.3, 0.4) is 0 Å². The highest BCUT2D eigenvalue weighted by Gasteiger charge is 2.48. The molecule has 1 saturated heterocycles.